The molecule has 0 aliphatic carbocycles. The van der Waals surface area contributed by atoms with Crippen LogP contribution in [0.2, 0.25) is 0 Å². The summed E-state index contributed by atoms with van der Waals surface area (Å²) < 4.78 is 11.2. The third kappa shape index (κ3) is 6.50. The number of aryl methyl sites for hydroxylation is 1. The van der Waals surface area contributed by atoms with Crippen LogP contribution in [0.3, 0.4) is 0 Å². The van der Waals surface area contributed by atoms with E-state index in [4.69, 9.17) is 9.47 Å². The van der Waals surface area contributed by atoms with Gasteiger partial charge in [0.1, 0.15) is 24.7 Å². The van der Waals surface area contributed by atoms with Crippen LogP contribution in [-0.4, -0.2) is 18.2 Å². The van der Waals surface area contributed by atoms with Crippen molar-refractivity contribution in [2.45, 2.75) is 26.2 Å². The van der Waals surface area contributed by atoms with Crippen molar-refractivity contribution in [2.24, 2.45) is 10.2 Å². The fourth-order valence-electron chi connectivity index (χ4n) is 2.59. The van der Waals surface area contributed by atoms with Gasteiger partial charge in [0.05, 0.1) is 11.4 Å². The zero-order valence-corrected chi connectivity index (χ0v) is 16.1. The Morgan fingerprint density at radius 1 is 0.714 bits per heavy atom. The van der Waals surface area contributed by atoms with Crippen LogP contribution in [0.15, 0.2) is 83.3 Å². The van der Waals surface area contributed by atoms with Crippen LogP contribution in [0.1, 0.15) is 25.3 Å². The highest BCUT2D eigenvalue weighted by Crippen LogP contribution is 2.22. The molecular weight excluding hydrogens is 350 g/mol. The van der Waals surface area contributed by atoms with Crippen LogP contribution in [0.5, 0.6) is 11.5 Å². The van der Waals surface area contributed by atoms with Crippen LogP contribution in [0.4, 0.5) is 11.4 Å². The van der Waals surface area contributed by atoms with Crippen LogP contribution < -0.4 is 9.47 Å². The molecule has 0 amide bonds. The van der Waals surface area contributed by atoms with Crippen LogP contribution in [0.25, 0.3) is 0 Å². The van der Waals surface area contributed by atoms with Gasteiger partial charge in [-0.15, -0.1) is 0 Å². The quantitative estimate of drug-likeness (QED) is 0.309. The minimum atomic E-state index is 0.466. The molecule has 0 radical (unpaired) electrons. The molecule has 144 valence electrons. The second kappa shape index (κ2) is 10.8. The molecule has 0 spiro atoms. The average molecular weight is 375 g/mol. The van der Waals surface area contributed by atoms with Crippen molar-refractivity contribution in [2.75, 3.05) is 13.2 Å². The van der Waals surface area contributed by atoms with E-state index in [1.54, 1.807) is 12.4 Å². The highest BCUT2D eigenvalue weighted by atomic mass is 16.5. The number of rotatable bonds is 10. The van der Waals surface area contributed by atoms with Gasteiger partial charge in [-0.05, 0) is 66.9 Å². The predicted octanol–water partition coefficient (Wildman–Crippen LogP) is 6.30. The lowest BCUT2D eigenvalue weighted by atomic mass is 10.1. The van der Waals surface area contributed by atoms with Gasteiger partial charge in [0.15, 0.2) is 0 Å². The number of pyridine rings is 1. The molecule has 0 atom stereocenters. The zero-order valence-electron chi connectivity index (χ0n) is 16.1. The smallest absolute Gasteiger partial charge is 0.122 e. The normalized spacial score (nSPS) is 10.9. The Bertz CT molecular complexity index is 847. The Balaban J connectivity index is 1.44. The van der Waals surface area contributed by atoms with Gasteiger partial charge in [0.2, 0.25) is 0 Å². The molecule has 3 rings (SSSR count). The number of azo groups is 1. The fourth-order valence-corrected chi connectivity index (χ4v) is 2.59. The van der Waals surface area contributed by atoms with Crippen molar-refractivity contribution in [3.63, 3.8) is 0 Å². The van der Waals surface area contributed by atoms with Gasteiger partial charge in [-0.2, -0.15) is 10.2 Å². The number of aromatic nitrogens is 1. The second-order valence-electron chi connectivity index (χ2n) is 6.34. The SMILES string of the molecule is CCCCc1ccc(N=Nc2ccc(OCCOc3ccncc3)cc2)cc1. The van der Waals surface area contributed by atoms with E-state index in [0.29, 0.717) is 13.2 Å². The topological polar surface area (TPSA) is 56.1 Å². The molecule has 3 aromatic rings. The molecule has 2 aromatic carbocycles. The number of benzene rings is 2. The first-order valence-corrected chi connectivity index (χ1v) is 9.60. The average Bonchev–Trinajstić information content (AvgIpc) is 2.76. The van der Waals surface area contributed by atoms with Gasteiger partial charge in [-0.3, -0.25) is 4.98 Å². The van der Waals surface area contributed by atoms with Gasteiger partial charge in [0.25, 0.3) is 0 Å². The summed E-state index contributed by atoms with van der Waals surface area (Å²) in [7, 11) is 0. The molecule has 0 fully saturated rings. The van der Waals surface area contributed by atoms with E-state index in [-0.39, 0.29) is 0 Å². The Kier molecular flexibility index (Phi) is 7.56. The minimum Gasteiger partial charge on any atom is -0.490 e. The third-order valence-corrected chi connectivity index (χ3v) is 4.14. The highest BCUT2D eigenvalue weighted by Gasteiger charge is 1.97. The summed E-state index contributed by atoms with van der Waals surface area (Å²) in [5, 5.41) is 8.58. The van der Waals surface area contributed by atoms with Crippen molar-refractivity contribution in [3.8, 4) is 11.5 Å². The number of ether oxygens (including phenoxy) is 2. The molecule has 0 saturated carbocycles. The van der Waals surface area contributed by atoms with E-state index in [2.05, 4.69) is 34.3 Å². The Labute approximate surface area is 166 Å². The summed E-state index contributed by atoms with van der Waals surface area (Å²) in [6.45, 7) is 3.14. The van der Waals surface area contributed by atoms with Gasteiger partial charge >= 0.3 is 0 Å². The first kappa shape index (κ1) is 19.5. The Hall–Kier alpha value is -3.21. The molecule has 5 nitrogen and oxygen atoms in total. The molecular formula is C23H25N3O2. The van der Waals surface area contributed by atoms with E-state index >= 15 is 0 Å². The Morgan fingerprint density at radius 3 is 1.82 bits per heavy atom. The monoisotopic (exact) mass is 375 g/mol. The Morgan fingerprint density at radius 2 is 1.25 bits per heavy atom. The van der Waals surface area contributed by atoms with Crippen molar-refractivity contribution in [3.05, 3.63) is 78.6 Å². The maximum absolute atomic E-state index is 5.68. The van der Waals surface area contributed by atoms with E-state index in [1.807, 2.05) is 48.5 Å². The lowest BCUT2D eigenvalue weighted by molar-refractivity contribution is 0.217. The summed E-state index contributed by atoms with van der Waals surface area (Å²) in [5.74, 6) is 1.56. The van der Waals surface area contributed by atoms with Gasteiger partial charge in [-0.25, -0.2) is 0 Å². The molecule has 0 saturated heterocycles. The number of nitrogens with zero attached hydrogens (tertiary/aromatic N) is 3. The van der Waals surface area contributed by atoms with Gasteiger partial charge < -0.3 is 9.47 Å². The van der Waals surface area contributed by atoms with Gasteiger partial charge in [0, 0.05) is 12.4 Å². The van der Waals surface area contributed by atoms with Crippen LogP contribution in [-0.2, 0) is 6.42 Å². The fraction of sp³-hybridized carbons (Fsp3) is 0.261. The van der Waals surface area contributed by atoms with E-state index in [9.17, 15) is 0 Å². The maximum Gasteiger partial charge on any atom is 0.122 e. The number of hydrogen-bond acceptors (Lipinski definition) is 5. The predicted molar refractivity (Wildman–Crippen MR) is 111 cm³/mol. The summed E-state index contributed by atoms with van der Waals surface area (Å²) >= 11 is 0. The van der Waals surface area contributed by atoms with Crippen molar-refractivity contribution >= 4 is 11.4 Å². The lowest BCUT2D eigenvalue weighted by Crippen LogP contribution is -2.08. The van der Waals surface area contributed by atoms with Crippen LogP contribution >= 0.6 is 0 Å². The molecule has 0 aliphatic heterocycles. The molecule has 1 aromatic heterocycles. The molecule has 5 heteroatoms. The largest absolute Gasteiger partial charge is 0.490 e. The standard InChI is InChI=1S/C23H25N3O2/c1-2-3-4-19-5-7-20(8-6-19)25-26-21-9-11-22(12-10-21)27-17-18-28-23-13-15-24-16-14-23/h5-16H,2-4,17-18H2,1H3. The molecule has 1 heterocycles. The van der Waals surface area contributed by atoms with E-state index in [0.717, 1.165) is 29.3 Å². The van der Waals surface area contributed by atoms with Crippen molar-refractivity contribution in [1.82, 2.24) is 4.98 Å². The molecule has 0 bridgehead atoms. The highest BCUT2D eigenvalue weighted by molar-refractivity contribution is 5.43. The molecule has 0 unspecified atom stereocenters. The second-order valence-corrected chi connectivity index (χ2v) is 6.34. The number of unbranched alkanes of at least 4 members (excludes halogenated alkanes) is 1. The molecule has 0 aliphatic rings. The zero-order chi connectivity index (χ0) is 19.4. The first-order valence-electron chi connectivity index (χ1n) is 9.60. The molecule has 0 N–H and O–H groups in total. The summed E-state index contributed by atoms with van der Waals surface area (Å²) in [5.41, 5.74) is 2.99. The van der Waals surface area contributed by atoms with Crippen molar-refractivity contribution < 1.29 is 9.47 Å². The van der Waals surface area contributed by atoms with Gasteiger partial charge in [-0.1, -0.05) is 25.5 Å². The summed E-state index contributed by atoms with van der Waals surface area (Å²) in [6, 6.07) is 19.4. The summed E-state index contributed by atoms with van der Waals surface area (Å²) in [6.07, 6.45) is 6.93. The maximum atomic E-state index is 5.68. The minimum absolute atomic E-state index is 0.466. The summed E-state index contributed by atoms with van der Waals surface area (Å²) in [4.78, 5) is 3.95. The van der Waals surface area contributed by atoms with Crippen molar-refractivity contribution in [1.29, 1.82) is 0 Å². The van der Waals surface area contributed by atoms with E-state index in [1.165, 1.54) is 18.4 Å². The first-order chi connectivity index (χ1) is 13.8. The van der Waals surface area contributed by atoms with Crippen LogP contribution in [0, 0.1) is 0 Å². The lowest BCUT2D eigenvalue weighted by Gasteiger charge is -2.08. The number of hydrogen-bond donors (Lipinski definition) is 0. The molecule has 28 heavy (non-hydrogen) atoms. The third-order valence-electron chi connectivity index (χ3n) is 4.14. The van der Waals surface area contributed by atoms with E-state index < -0.39 is 0 Å².